The molecule has 0 amide bonds. The van der Waals surface area contributed by atoms with Crippen LogP contribution < -0.4 is 4.52 Å². The van der Waals surface area contributed by atoms with E-state index in [1.54, 1.807) is 18.2 Å². The molecule has 1 rings (SSSR count). The first-order chi connectivity index (χ1) is 7.29. The number of rotatable bonds is 4. The maximum atomic E-state index is 11.8. The van der Waals surface area contributed by atoms with E-state index in [4.69, 9.17) is 11.2 Å². The molecule has 0 aliphatic carbocycles. The Balaban J connectivity index is 2.56. The van der Waals surface area contributed by atoms with E-state index in [2.05, 4.69) is 9.05 Å². The predicted molar refractivity (Wildman–Crippen MR) is 52.5 cm³/mol. The summed E-state index contributed by atoms with van der Waals surface area (Å²) in [6, 6.07) is 7.55. The summed E-state index contributed by atoms with van der Waals surface area (Å²) in [7, 11) is 0. The van der Waals surface area contributed by atoms with Crippen molar-refractivity contribution in [3.05, 3.63) is 30.3 Å². The molecule has 0 aromatic heterocycles. The Morgan fingerprint density at radius 3 is 2.31 bits per heavy atom. The Bertz CT molecular complexity index is 382. The van der Waals surface area contributed by atoms with E-state index in [-0.39, 0.29) is 5.75 Å². The molecule has 3 nitrogen and oxygen atoms in total. The van der Waals surface area contributed by atoms with Crippen molar-refractivity contribution in [3.8, 4) is 5.75 Å². The van der Waals surface area contributed by atoms with E-state index < -0.39 is 19.7 Å². The van der Waals surface area contributed by atoms with E-state index in [9.17, 15) is 17.7 Å². The van der Waals surface area contributed by atoms with Crippen molar-refractivity contribution in [2.24, 2.45) is 0 Å². The number of benzene rings is 1. The van der Waals surface area contributed by atoms with Crippen LogP contribution in [-0.2, 0) is 9.09 Å². The summed E-state index contributed by atoms with van der Waals surface area (Å²) in [5, 5.41) is 0. The number of alkyl halides is 3. The van der Waals surface area contributed by atoms with Crippen molar-refractivity contribution in [3.63, 3.8) is 0 Å². The fraction of sp³-hybridized carbons (Fsp3) is 0.250. The highest BCUT2D eigenvalue weighted by Crippen LogP contribution is 2.53. The van der Waals surface area contributed by atoms with E-state index in [1.807, 2.05) is 0 Å². The normalized spacial score (nSPS) is 15.5. The van der Waals surface area contributed by atoms with Crippen molar-refractivity contribution >= 4 is 18.2 Å². The lowest BCUT2D eigenvalue weighted by molar-refractivity contribution is -0.154. The minimum absolute atomic E-state index is 0.0722. The van der Waals surface area contributed by atoms with E-state index >= 15 is 0 Å². The van der Waals surface area contributed by atoms with E-state index in [0.717, 1.165) is 0 Å². The summed E-state index contributed by atoms with van der Waals surface area (Å²) in [6.45, 7) is -5.98. The first-order valence-electron chi connectivity index (χ1n) is 4.04. The van der Waals surface area contributed by atoms with E-state index in [1.165, 1.54) is 12.1 Å². The van der Waals surface area contributed by atoms with Gasteiger partial charge in [0.2, 0.25) is 0 Å². The molecule has 1 atom stereocenters. The maximum absolute atomic E-state index is 11.8. The topological polar surface area (TPSA) is 35.5 Å². The molecular weight excluding hydrogens is 268 g/mol. The summed E-state index contributed by atoms with van der Waals surface area (Å²) in [4.78, 5) is 0. The van der Waals surface area contributed by atoms with Crippen LogP contribution in [0.1, 0.15) is 0 Å². The van der Waals surface area contributed by atoms with Gasteiger partial charge in [-0.3, -0.25) is 4.52 Å². The Morgan fingerprint density at radius 2 is 1.81 bits per heavy atom. The highest BCUT2D eigenvalue weighted by atomic mass is 35.7. The molecule has 0 radical (unpaired) electrons. The van der Waals surface area contributed by atoms with E-state index in [0.29, 0.717) is 0 Å². The molecule has 0 aliphatic heterocycles. The van der Waals surface area contributed by atoms with Gasteiger partial charge in [0.25, 0.3) is 0 Å². The first kappa shape index (κ1) is 13.4. The zero-order valence-corrected chi connectivity index (χ0v) is 9.43. The van der Waals surface area contributed by atoms with Gasteiger partial charge in [-0.25, -0.2) is 4.57 Å². The second-order valence-electron chi connectivity index (χ2n) is 2.72. The summed E-state index contributed by atoms with van der Waals surface area (Å²) in [5.74, 6) is 0.0722. The number of halogens is 4. The molecule has 0 fully saturated rings. The van der Waals surface area contributed by atoms with Crippen molar-refractivity contribution in [2.75, 3.05) is 6.61 Å². The number of hydrogen-bond acceptors (Lipinski definition) is 3. The van der Waals surface area contributed by atoms with Gasteiger partial charge in [0.05, 0.1) is 0 Å². The molecular formula is C8H7ClF3O3P. The van der Waals surface area contributed by atoms with Crippen LogP contribution in [0.15, 0.2) is 30.3 Å². The molecule has 0 N–H and O–H groups in total. The molecule has 1 aromatic rings. The van der Waals surface area contributed by atoms with Crippen LogP contribution in [0.4, 0.5) is 13.2 Å². The van der Waals surface area contributed by atoms with Gasteiger partial charge in [-0.15, -0.1) is 0 Å². The number of para-hydroxylation sites is 1. The zero-order chi connectivity index (χ0) is 12.2. The molecule has 0 heterocycles. The van der Waals surface area contributed by atoms with Gasteiger partial charge >= 0.3 is 13.1 Å². The molecule has 1 aromatic carbocycles. The fourth-order valence-electron chi connectivity index (χ4n) is 0.784. The summed E-state index contributed by atoms with van der Waals surface area (Å²) >= 11 is 5.19. The lowest BCUT2D eigenvalue weighted by Crippen LogP contribution is -2.15. The molecule has 0 saturated heterocycles. The molecule has 0 aliphatic rings. The number of hydrogen-bond donors (Lipinski definition) is 0. The highest BCUT2D eigenvalue weighted by Gasteiger charge is 2.34. The third-order valence-corrected chi connectivity index (χ3v) is 2.71. The molecule has 8 heteroatoms. The van der Waals surface area contributed by atoms with Gasteiger partial charge in [0.1, 0.15) is 5.75 Å². The highest BCUT2D eigenvalue weighted by molar-refractivity contribution is 7.81. The molecule has 0 bridgehead atoms. The third kappa shape index (κ3) is 5.39. The Morgan fingerprint density at radius 1 is 1.25 bits per heavy atom. The first-order valence-corrected chi connectivity index (χ1v) is 6.49. The average Bonchev–Trinajstić information content (AvgIpc) is 2.15. The summed E-state index contributed by atoms with van der Waals surface area (Å²) < 4.78 is 55.1. The van der Waals surface area contributed by atoms with Crippen LogP contribution in [0.3, 0.4) is 0 Å². The minimum Gasteiger partial charge on any atom is -0.413 e. The van der Waals surface area contributed by atoms with Crippen LogP contribution >= 0.6 is 18.2 Å². The van der Waals surface area contributed by atoms with Gasteiger partial charge in [-0.05, 0) is 12.1 Å². The van der Waals surface area contributed by atoms with Crippen molar-refractivity contribution in [1.82, 2.24) is 0 Å². The average molecular weight is 275 g/mol. The van der Waals surface area contributed by atoms with Gasteiger partial charge in [0.15, 0.2) is 6.61 Å². The van der Waals surface area contributed by atoms with Crippen molar-refractivity contribution in [2.45, 2.75) is 6.18 Å². The summed E-state index contributed by atoms with van der Waals surface area (Å²) in [5.41, 5.74) is 0. The molecule has 0 spiro atoms. The Labute approximate surface area is 94.4 Å². The molecule has 16 heavy (non-hydrogen) atoms. The predicted octanol–water partition coefficient (Wildman–Crippen LogP) is 3.99. The van der Waals surface area contributed by atoms with Crippen LogP contribution in [0.25, 0.3) is 0 Å². The van der Waals surface area contributed by atoms with Crippen LogP contribution in [-0.4, -0.2) is 12.8 Å². The quantitative estimate of drug-likeness (QED) is 0.779. The smallest absolute Gasteiger partial charge is 0.413 e. The fourth-order valence-corrected chi connectivity index (χ4v) is 1.90. The van der Waals surface area contributed by atoms with Crippen LogP contribution in [0.2, 0.25) is 0 Å². The zero-order valence-electron chi connectivity index (χ0n) is 7.78. The molecule has 1 unspecified atom stereocenters. The lowest BCUT2D eigenvalue weighted by Gasteiger charge is -2.13. The second kappa shape index (κ2) is 5.08. The summed E-state index contributed by atoms with van der Waals surface area (Å²) in [6.07, 6.45) is -4.61. The minimum atomic E-state index is -4.61. The van der Waals surface area contributed by atoms with Gasteiger partial charge < -0.3 is 4.52 Å². The third-order valence-electron chi connectivity index (χ3n) is 1.34. The standard InChI is InChI=1S/C8H7ClF3O3P/c9-16(13,14-6-8(10,11)12)15-7-4-2-1-3-5-7/h1-5H,6H2. The van der Waals surface area contributed by atoms with Gasteiger partial charge in [-0.2, -0.15) is 13.2 Å². The van der Waals surface area contributed by atoms with Crippen molar-refractivity contribution < 1.29 is 26.8 Å². The van der Waals surface area contributed by atoms with Gasteiger partial charge in [0, 0.05) is 11.2 Å². The van der Waals surface area contributed by atoms with Crippen LogP contribution in [0, 0.1) is 0 Å². The molecule has 0 saturated carbocycles. The Hall–Kier alpha value is -0.710. The Kier molecular flexibility index (Phi) is 4.24. The molecule has 90 valence electrons. The van der Waals surface area contributed by atoms with Gasteiger partial charge in [-0.1, -0.05) is 18.2 Å². The van der Waals surface area contributed by atoms with Crippen molar-refractivity contribution in [1.29, 1.82) is 0 Å². The SMILES string of the molecule is O=P(Cl)(OCC(F)(F)F)Oc1ccccc1. The largest absolute Gasteiger partial charge is 0.477 e. The van der Waals surface area contributed by atoms with Crippen LogP contribution in [0.5, 0.6) is 5.75 Å². The lowest BCUT2D eigenvalue weighted by atomic mass is 10.3. The maximum Gasteiger partial charge on any atom is 0.477 e. The second-order valence-corrected chi connectivity index (χ2v) is 5.27. The monoisotopic (exact) mass is 274 g/mol.